The summed E-state index contributed by atoms with van der Waals surface area (Å²) in [5.41, 5.74) is 8.92. The second kappa shape index (κ2) is 12.3. The summed E-state index contributed by atoms with van der Waals surface area (Å²) in [6, 6.07) is 46.1. The lowest BCUT2D eigenvalue weighted by Gasteiger charge is -2.36. The van der Waals surface area contributed by atoms with Crippen LogP contribution in [0.3, 0.4) is 0 Å². The van der Waals surface area contributed by atoms with Crippen LogP contribution in [0.25, 0.3) is 11.1 Å². The molecule has 0 radical (unpaired) electrons. The number of fused-ring (bicyclic) bond motifs is 3. The van der Waals surface area contributed by atoms with Crippen molar-refractivity contribution >= 4 is 26.5 Å². The number of hydrogen-bond donors (Lipinski definition) is 0. The van der Waals surface area contributed by atoms with E-state index < -0.39 is 16.1 Å². The van der Waals surface area contributed by atoms with Gasteiger partial charge in [-0.3, -0.25) is 0 Å². The number of rotatable bonds is 12. The van der Waals surface area contributed by atoms with E-state index in [1.165, 1.54) is 58.5 Å². The van der Waals surface area contributed by atoms with Gasteiger partial charge in [-0.2, -0.15) is 0 Å². The molecule has 214 valence electrons. The van der Waals surface area contributed by atoms with Gasteiger partial charge in [0.25, 0.3) is 0 Å². The first-order chi connectivity index (χ1) is 19.9. The summed E-state index contributed by atoms with van der Waals surface area (Å²) in [5, 5.41) is 3.34. The molecular formula is C39H50Si2. The van der Waals surface area contributed by atoms with E-state index in [0.29, 0.717) is 0 Å². The van der Waals surface area contributed by atoms with Crippen molar-refractivity contribution < 1.29 is 0 Å². The van der Waals surface area contributed by atoms with Gasteiger partial charge in [0, 0.05) is 5.41 Å². The zero-order valence-corrected chi connectivity index (χ0v) is 28.4. The average molecular weight is 575 g/mol. The van der Waals surface area contributed by atoms with Crippen molar-refractivity contribution in [1.29, 1.82) is 0 Å². The Kier molecular flexibility index (Phi) is 8.92. The molecule has 0 saturated heterocycles. The first kappa shape index (κ1) is 29.8. The van der Waals surface area contributed by atoms with Crippen molar-refractivity contribution in [1.82, 2.24) is 0 Å². The molecule has 4 aromatic carbocycles. The minimum absolute atomic E-state index is 0.0792. The van der Waals surface area contributed by atoms with Crippen molar-refractivity contribution in [2.24, 2.45) is 0 Å². The zero-order chi connectivity index (χ0) is 29.1. The molecule has 0 saturated carbocycles. The predicted molar refractivity (Wildman–Crippen MR) is 187 cm³/mol. The molecule has 1 aliphatic rings. The van der Waals surface area contributed by atoms with Crippen molar-refractivity contribution in [3.63, 3.8) is 0 Å². The fourth-order valence-corrected chi connectivity index (χ4v) is 15.4. The smallest absolute Gasteiger partial charge is 0.0675 e. The fraction of sp³-hybridized carbons (Fsp3) is 0.385. The summed E-state index contributed by atoms with van der Waals surface area (Å²) in [4.78, 5) is 0. The van der Waals surface area contributed by atoms with Crippen molar-refractivity contribution in [2.75, 3.05) is 0 Å². The standard InChI is InChI=1S/C39H50Si2/c1-7-40(8-2,9-3)33-23-25-35-36-26-24-34(41(10-4,11-5)12-6)28-38(36)39(37(35)27-33,29-31-19-15-13-16-20-31)30-32-21-17-14-18-22-32/h13-28H,7-12,29-30H2,1-6H3. The van der Waals surface area contributed by atoms with E-state index in [2.05, 4.69) is 139 Å². The third kappa shape index (κ3) is 5.12. The van der Waals surface area contributed by atoms with E-state index in [1.54, 1.807) is 21.5 Å². The predicted octanol–water partition coefficient (Wildman–Crippen LogP) is 9.87. The van der Waals surface area contributed by atoms with Gasteiger partial charge in [0.05, 0.1) is 16.1 Å². The van der Waals surface area contributed by atoms with Gasteiger partial charge in [-0.1, -0.05) is 185 Å². The van der Waals surface area contributed by atoms with E-state index in [-0.39, 0.29) is 5.41 Å². The van der Waals surface area contributed by atoms with Crippen LogP contribution in [0, 0.1) is 0 Å². The highest BCUT2D eigenvalue weighted by molar-refractivity contribution is 6.92. The number of hydrogen-bond acceptors (Lipinski definition) is 0. The second-order valence-electron chi connectivity index (χ2n) is 12.6. The average Bonchev–Trinajstić information content (AvgIpc) is 3.29. The van der Waals surface area contributed by atoms with Crippen LogP contribution < -0.4 is 10.4 Å². The highest BCUT2D eigenvalue weighted by Crippen LogP contribution is 2.52. The molecule has 0 bridgehead atoms. The van der Waals surface area contributed by atoms with Crippen LogP contribution in [-0.2, 0) is 18.3 Å². The van der Waals surface area contributed by atoms with E-state index in [4.69, 9.17) is 0 Å². The molecule has 0 heterocycles. The Morgan fingerprint density at radius 1 is 0.439 bits per heavy atom. The minimum atomic E-state index is -1.54. The minimum Gasteiger partial charge on any atom is -0.0675 e. The Balaban J connectivity index is 1.83. The van der Waals surface area contributed by atoms with E-state index in [9.17, 15) is 0 Å². The first-order valence-electron chi connectivity index (χ1n) is 16.3. The van der Waals surface area contributed by atoms with Crippen LogP contribution in [0.4, 0.5) is 0 Å². The molecule has 0 nitrogen and oxygen atoms in total. The highest BCUT2D eigenvalue weighted by Gasteiger charge is 2.45. The van der Waals surface area contributed by atoms with Crippen LogP contribution in [0.15, 0.2) is 97.1 Å². The van der Waals surface area contributed by atoms with E-state index >= 15 is 0 Å². The van der Waals surface area contributed by atoms with Gasteiger partial charge in [0.1, 0.15) is 0 Å². The van der Waals surface area contributed by atoms with E-state index in [1.807, 2.05) is 0 Å². The lowest BCUT2D eigenvalue weighted by atomic mass is 9.69. The lowest BCUT2D eigenvalue weighted by Crippen LogP contribution is -2.47. The molecule has 0 unspecified atom stereocenters. The SMILES string of the molecule is CC[Si](CC)(CC)c1ccc2c(c1)C(Cc1ccccc1)(Cc1ccccc1)c1cc([Si](CC)(CC)CC)ccc1-2. The zero-order valence-electron chi connectivity index (χ0n) is 26.4. The highest BCUT2D eigenvalue weighted by atomic mass is 28.3. The molecule has 1 aliphatic carbocycles. The molecule has 4 aromatic rings. The second-order valence-corrected chi connectivity index (χ2v) is 23.1. The van der Waals surface area contributed by atoms with Crippen LogP contribution in [0.5, 0.6) is 0 Å². The molecule has 0 amide bonds. The normalized spacial score (nSPS) is 14.1. The Hall–Kier alpha value is -2.69. The maximum atomic E-state index is 2.72. The number of benzene rings is 4. The molecule has 5 rings (SSSR count). The van der Waals surface area contributed by atoms with Crippen LogP contribution in [0.2, 0.25) is 36.3 Å². The summed E-state index contributed by atoms with van der Waals surface area (Å²) in [5.74, 6) is 0. The molecule has 0 fully saturated rings. The van der Waals surface area contributed by atoms with Crippen molar-refractivity contribution in [3.05, 3.63) is 119 Å². The van der Waals surface area contributed by atoms with Crippen molar-refractivity contribution in [3.8, 4) is 11.1 Å². The Morgan fingerprint density at radius 2 is 0.780 bits per heavy atom. The van der Waals surface area contributed by atoms with Gasteiger partial charge in [-0.05, 0) is 46.2 Å². The van der Waals surface area contributed by atoms with Crippen LogP contribution in [0.1, 0.15) is 63.8 Å². The van der Waals surface area contributed by atoms with Gasteiger partial charge >= 0.3 is 0 Å². The Labute approximate surface area is 252 Å². The van der Waals surface area contributed by atoms with E-state index in [0.717, 1.165) is 12.8 Å². The fourth-order valence-electron chi connectivity index (χ4n) is 8.21. The summed E-state index contributed by atoms with van der Waals surface area (Å²) in [6.07, 6.45) is 2.07. The summed E-state index contributed by atoms with van der Waals surface area (Å²) < 4.78 is 0. The van der Waals surface area contributed by atoms with Gasteiger partial charge in [-0.15, -0.1) is 0 Å². The van der Waals surface area contributed by atoms with Gasteiger partial charge in [-0.25, -0.2) is 0 Å². The third-order valence-electron chi connectivity index (χ3n) is 11.3. The molecule has 0 N–H and O–H groups in total. The monoisotopic (exact) mass is 574 g/mol. The lowest BCUT2D eigenvalue weighted by molar-refractivity contribution is 0.520. The molecule has 0 spiro atoms. The van der Waals surface area contributed by atoms with Crippen LogP contribution in [-0.4, -0.2) is 16.1 Å². The summed E-state index contributed by atoms with van der Waals surface area (Å²) in [7, 11) is -3.08. The van der Waals surface area contributed by atoms with Crippen molar-refractivity contribution in [2.45, 2.75) is 96.1 Å². The third-order valence-corrected chi connectivity index (χ3v) is 22.5. The van der Waals surface area contributed by atoms with Gasteiger partial charge in [0.15, 0.2) is 0 Å². The Morgan fingerprint density at radius 3 is 1.10 bits per heavy atom. The first-order valence-corrected chi connectivity index (χ1v) is 21.6. The quantitative estimate of drug-likeness (QED) is 0.148. The largest absolute Gasteiger partial charge is 0.0859 e. The van der Waals surface area contributed by atoms with Gasteiger partial charge < -0.3 is 0 Å². The molecule has 2 heteroatoms. The topological polar surface area (TPSA) is 0 Å². The molecule has 41 heavy (non-hydrogen) atoms. The molecule has 0 atom stereocenters. The molecule has 0 aliphatic heterocycles. The molecule has 0 aromatic heterocycles. The van der Waals surface area contributed by atoms with Crippen LogP contribution >= 0.6 is 0 Å². The Bertz CT molecular complexity index is 1320. The summed E-state index contributed by atoms with van der Waals surface area (Å²) in [6.45, 7) is 14.7. The maximum Gasteiger partial charge on any atom is 0.0859 e. The molecular weight excluding hydrogens is 525 g/mol. The summed E-state index contributed by atoms with van der Waals surface area (Å²) >= 11 is 0. The maximum absolute atomic E-state index is 2.72. The van der Waals surface area contributed by atoms with Gasteiger partial charge in [0.2, 0.25) is 0 Å².